The molecule has 0 radical (unpaired) electrons. The SMILES string of the molecule is FC(F)(F)c1cc(-c2ccccc2-c2ccco2)n[nH]1. The van der Waals surface area contributed by atoms with Gasteiger partial charge in [-0.1, -0.05) is 24.3 Å². The molecule has 0 aliphatic rings. The third-order valence-electron chi connectivity index (χ3n) is 2.87. The molecule has 0 spiro atoms. The Balaban J connectivity index is 2.09. The van der Waals surface area contributed by atoms with Gasteiger partial charge in [0.05, 0.1) is 12.0 Å². The minimum atomic E-state index is -4.44. The first-order valence-electron chi connectivity index (χ1n) is 5.81. The molecule has 0 aliphatic heterocycles. The van der Waals surface area contributed by atoms with E-state index in [4.69, 9.17) is 4.42 Å². The number of aromatic amines is 1. The van der Waals surface area contributed by atoms with Gasteiger partial charge in [-0.05, 0) is 18.2 Å². The molecule has 0 saturated heterocycles. The van der Waals surface area contributed by atoms with Gasteiger partial charge in [0.1, 0.15) is 11.5 Å². The van der Waals surface area contributed by atoms with Crippen LogP contribution in [0, 0.1) is 0 Å². The Hall–Kier alpha value is -2.50. The number of H-pyrrole nitrogens is 1. The Morgan fingerprint density at radius 2 is 1.75 bits per heavy atom. The lowest BCUT2D eigenvalue weighted by Crippen LogP contribution is -2.04. The van der Waals surface area contributed by atoms with Crippen LogP contribution in [0.25, 0.3) is 22.6 Å². The van der Waals surface area contributed by atoms with Gasteiger partial charge in [0, 0.05) is 11.1 Å². The van der Waals surface area contributed by atoms with Crippen LogP contribution in [0.4, 0.5) is 13.2 Å². The molecular formula is C14H9F3N2O. The molecule has 0 fully saturated rings. The van der Waals surface area contributed by atoms with Gasteiger partial charge in [-0.3, -0.25) is 5.10 Å². The average Bonchev–Trinajstić information content (AvgIpc) is 3.10. The van der Waals surface area contributed by atoms with Crippen molar-refractivity contribution in [1.29, 1.82) is 0 Å². The van der Waals surface area contributed by atoms with Crippen molar-refractivity contribution in [3.05, 3.63) is 54.4 Å². The van der Waals surface area contributed by atoms with Gasteiger partial charge in [-0.2, -0.15) is 18.3 Å². The molecular weight excluding hydrogens is 269 g/mol. The van der Waals surface area contributed by atoms with E-state index in [1.54, 1.807) is 36.4 Å². The first-order chi connectivity index (χ1) is 9.55. The Bertz CT molecular complexity index is 714. The second-order valence-electron chi connectivity index (χ2n) is 4.19. The summed E-state index contributed by atoms with van der Waals surface area (Å²) < 4.78 is 43.1. The summed E-state index contributed by atoms with van der Waals surface area (Å²) in [4.78, 5) is 0. The second kappa shape index (κ2) is 4.56. The summed E-state index contributed by atoms with van der Waals surface area (Å²) in [7, 11) is 0. The molecule has 0 atom stereocenters. The highest BCUT2D eigenvalue weighted by Crippen LogP contribution is 2.34. The van der Waals surface area contributed by atoms with Crippen LogP contribution >= 0.6 is 0 Å². The Morgan fingerprint density at radius 1 is 1.00 bits per heavy atom. The van der Waals surface area contributed by atoms with Crippen molar-refractivity contribution in [3.63, 3.8) is 0 Å². The van der Waals surface area contributed by atoms with Gasteiger partial charge in [0.15, 0.2) is 0 Å². The number of benzene rings is 1. The quantitative estimate of drug-likeness (QED) is 0.757. The molecule has 3 aromatic rings. The van der Waals surface area contributed by atoms with Gasteiger partial charge >= 0.3 is 6.18 Å². The molecule has 6 heteroatoms. The van der Waals surface area contributed by atoms with Crippen molar-refractivity contribution in [2.75, 3.05) is 0 Å². The predicted octanol–water partition coefficient (Wildman–Crippen LogP) is 4.36. The zero-order valence-electron chi connectivity index (χ0n) is 10.1. The molecule has 2 aromatic heterocycles. The van der Waals surface area contributed by atoms with E-state index in [1.165, 1.54) is 6.26 Å². The van der Waals surface area contributed by atoms with E-state index >= 15 is 0 Å². The molecule has 0 bridgehead atoms. The minimum absolute atomic E-state index is 0.226. The summed E-state index contributed by atoms with van der Waals surface area (Å²) >= 11 is 0. The molecule has 102 valence electrons. The summed E-state index contributed by atoms with van der Waals surface area (Å²) in [6, 6.07) is 11.5. The number of hydrogen-bond donors (Lipinski definition) is 1. The Kier molecular flexibility index (Phi) is 2.85. The van der Waals surface area contributed by atoms with Crippen LogP contribution in [0.15, 0.2) is 53.1 Å². The number of aromatic nitrogens is 2. The summed E-state index contributed by atoms with van der Waals surface area (Å²) in [5.74, 6) is 0.581. The lowest BCUT2D eigenvalue weighted by molar-refractivity contribution is -0.141. The Morgan fingerprint density at radius 3 is 2.35 bits per heavy atom. The summed E-state index contributed by atoms with van der Waals surface area (Å²) in [5, 5.41) is 5.75. The largest absolute Gasteiger partial charge is 0.464 e. The molecule has 3 rings (SSSR count). The fraction of sp³-hybridized carbons (Fsp3) is 0.0714. The molecule has 0 amide bonds. The lowest BCUT2D eigenvalue weighted by Gasteiger charge is -2.04. The van der Waals surface area contributed by atoms with Crippen molar-refractivity contribution in [2.45, 2.75) is 6.18 Å². The summed E-state index contributed by atoms with van der Waals surface area (Å²) in [6.07, 6.45) is -2.93. The third kappa shape index (κ3) is 2.20. The van der Waals surface area contributed by atoms with Crippen LogP contribution in [0.3, 0.4) is 0 Å². The number of rotatable bonds is 2. The molecule has 0 aliphatic carbocycles. The van der Waals surface area contributed by atoms with E-state index < -0.39 is 11.9 Å². The fourth-order valence-corrected chi connectivity index (χ4v) is 1.96. The maximum absolute atomic E-state index is 12.6. The first-order valence-corrected chi connectivity index (χ1v) is 5.81. The molecule has 2 heterocycles. The monoisotopic (exact) mass is 278 g/mol. The maximum Gasteiger partial charge on any atom is 0.432 e. The zero-order valence-corrected chi connectivity index (χ0v) is 10.1. The number of hydrogen-bond acceptors (Lipinski definition) is 2. The normalized spacial score (nSPS) is 11.8. The van der Waals surface area contributed by atoms with Crippen molar-refractivity contribution in [3.8, 4) is 22.6 Å². The highest BCUT2D eigenvalue weighted by atomic mass is 19.4. The maximum atomic E-state index is 12.6. The van der Waals surface area contributed by atoms with E-state index in [-0.39, 0.29) is 5.69 Å². The van der Waals surface area contributed by atoms with Crippen molar-refractivity contribution in [1.82, 2.24) is 10.2 Å². The first kappa shape index (κ1) is 12.5. The van der Waals surface area contributed by atoms with Gasteiger partial charge in [-0.25, -0.2) is 0 Å². The number of furan rings is 1. The van der Waals surface area contributed by atoms with Crippen LogP contribution in [0.5, 0.6) is 0 Å². The highest BCUT2D eigenvalue weighted by molar-refractivity contribution is 5.79. The van der Waals surface area contributed by atoms with Gasteiger partial charge in [0.25, 0.3) is 0 Å². The predicted molar refractivity (Wildman–Crippen MR) is 66.7 cm³/mol. The van der Waals surface area contributed by atoms with E-state index in [1.807, 2.05) is 5.10 Å². The van der Waals surface area contributed by atoms with Crippen LogP contribution in [0.1, 0.15) is 5.69 Å². The molecule has 0 unspecified atom stereocenters. The number of halogens is 3. The fourth-order valence-electron chi connectivity index (χ4n) is 1.96. The van der Waals surface area contributed by atoms with Gasteiger partial charge < -0.3 is 4.42 Å². The molecule has 20 heavy (non-hydrogen) atoms. The van der Waals surface area contributed by atoms with E-state index in [0.29, 0.717) is 16.9 Å². The van der Waals surface area contributed by atoms with Crippen LogP contribution in [-0.2, 0) is 6.18 Å². The van der Waals surface area contributed by atoms with E-state index in [9.17, 15) is 13.2 Å². The van der Waals surface area contributed by atoms with Crippen LogP contribution in [0.2, 0.25) is 0 Å². The van der Waals surface area contributed by atoms with Crippen LogP contribution < -0.4 is 0 Å². The number of nitrogens with zero attached hydrogens (tertiary/aromatic N) is 1. The number of alkyl halides is 3. The number of nitrogens with one attached hydrogen (secondary N) is 1. The molecule has 1 N–H and O–H groups in total. The van der Waals surface area contributed by atoms with E-state index in [2.05, 4.69) is 5.10 Å². The molecule has 1 aromatic carbocycles. The summed E-state index contributed by atoms with van der Waals surface area (Å²) in [6.45, 7) is 0. The van der Waals surface area contributed by atoms with Gasteiger partial charge in [0.2, 0.25) is 0 Å². The molecule has 0 saturated carbocycles. The van der Waals surface area contributed by atoms with Crippen LogP contribution in [-0.4, -0.2) is 10.2 Å². The topological polar surface area (TPSA) is 41.8 Å². The minimum Gasteiger partial charge on any atom is -0.464 e. The lowest BCUT2D eigenvalue weighted by atomic mass is 10.0. The zero-order chi connectivity index (χ0) is 14.2. The average molecular weight is 278 g/mol. The van der Waals surface area contributed by atoms with Crippen molar-refractivity contribution >= 4 is 0 Å². The molecule has 3 nitrogen and oxygen atoms in total. The van der Waals surface area contributed by atoms with Crippen molar-refractivity contribution < 1.29 is 17.6 Å². The third-order valence-corrected chi connectivity index (χ3v) is 2.87. The standard InChI is InChI=1S/C14H9F3N2O/c15-14(16,17)13-8-11(18-19-13)9-4-1-2-5-10(9)12-6-3-7-20-12/h1-8H,(H,18,19). The van der Waals surface area contributed by atoms with E-state index in [0.717, 1.165) is 6.07 Å². The highest BCUT2D eigenvalue weighted by Gasteiger charge is 2.33. The summed E-state index contributed by atoms with van der Waals surface area (Å²) in [5.41, 5.74) is 0.623. The van der Waals surface area contributed by atoms with Crippen molar-refractivity contribution in [2.24, 2.45) is 0 Å². The second-order valence-corrected chi connectivity index (χ2v) is 4.19. The Labute approximate surface area is 112 Å². The van der Waals surface area contributed by atoms with Gasteiger partial charge in [-0.15, -0.1) is 0 Å². The smallest absolute Gasteiger partial charge is 0.432 e.